The zero-order chi connectivity index (χ0) is 24.1. The normalized spacial score (nSPS) is 14.1. The second kappa shape index (κ2) is 10.7. The molecule has 0 bridgehead atoms. The van der Waals surface area contributed by atoms with Crippen molar-refractivity contribution < 1.29 is 14.5 Å². The number of hydrogen-bond donors (Lipinski definition) is 1. The predicted octanol–water partition coefficient (Wildman–Crippen LogP) is 4.86. The summed E-state index contributed by atoms with van der Waals surface area (Å²) in [6.45, 7) is 6.43. The molecule has 0 atom stereocenters. The highest BCUT2D eigenvalue weighted by Gasteiger charge is 2.24. The highest BCUT2D eigenvalue weighted by molar-refractivity contribution is 6.33. The van der Waals surface area contributed by atoms with Crippen molar-refractivity contribution in [3.8, 4) is 0 Å². The van der Waals surface area contributed by atoms with Gasteiger partial charge < -0.3 is 15.1 Å². The third kappa shape index (κ3) is 6.24. The monoisotopic (exact) mass is 490 g/mol. The fourth-order valence-corrected chi connectivity index (χ4v) is 3.99. The Balaban J connectivity index is 1.61. The van der Waals surface area contributed by atoms with E-state index >= 15 is 0 Å². The third-order valence-electron chi connectivity index (χ3n) is 5.24. The van der Waals surface area contributed by atoms with Gasteiger partial charge in [0.05, 0.1) is 15.6 Å². The Labute approximate surface area is 201 Å². The van der Waals surface area contributed by atoms with Crippen LogP contribution in [0.5, 0.6) is 0 Å². The third-order valence-corrected chi connectivity index (χ3v) is 5.86. The minimum Gasteiger partial charge on any atom is -0.367 e. The van der Waals surface area contributed by atoms with Gasteiger partial charge in [0.1, 0.15) is 5.02 Å². The van der Waals surface area contributed by atoms with Gasteiger partial charge in [-0.1, -0.05) is 43.1 Å². The van der Waals surface area contributed by atoms with Gasteiger partial charge in [-0.25, -0.2) is 0 Å². The first-order valence-corrected chi connectivity index (χ1v) is 11.2. The number of nitro groups is 1. The fourth-order valence-electron chi connectivity index (χ4n) is 3.50. The zero-order valence-electron chi connectivity index (χ0n) is 18.3. The number of nitrogens with zero attached hydrogens (tertiary/aromatic N) is 3. The van der Waals surface area contributed by atoms with Gasteiger partial charge in [-0.2, -0.15) is 0 Å². The van der Waals surface area contributed by atoms with Crippen LogP contribution in [-0.2, 0) is 9.59 Å². The van der Waals surface area contributed by atoms with Crippen LogP contribution in [0.1, 0.15) is 19.4 Å². The lowest BCUT2D eigenvalue weighted by Gasteiger charge is -2.37. The van der Waals surface area contributed by atoms with E-state index in [4.69, 9.17) is 23.2 Å². The van der Waals surface area contributed by atoms with E-state index in [9.17, 15) is 19.7 Å². The van der Waals surface area contributed by atoms with Gasteiger partial charge in [0.25, 0.3) is 5.69 Å². The summed E-state index contributed by atoms with van der Waals surface area (Å²) in [4.78, 5) is 38.8. The first kappa shape index (κ1) is 24.5. The van der Waals surface area contributed by atoms with Gasteiger partial charge in [-0.15, -0.1) is 0 Å². The van der Waals surface area contributed by atoms with Crippen molar-refractivity contribution in [2.24, 2.45) is 5.92 Å². The maximum atomic E-state index is 12.3. The highest BCUT2D eigenvalue weighted by Crippen LogP contribution is 2.30. The molecular weight excluding hydrogens is 467 g/mol. The molecule has 2 amide bonds. The van der Waals surface area contributed by atoms with Crippen LogP contribution in [0.4, 0.5) is 17.1 Å². The van der Waals surface area contributed by atoms with Gasteiger partial charge in [-0.3, -0.25) is 19.7 Å². The molecule has 0 radical (unpaired) electrons. The van der Waals surface area contributed by atoms with Crippen LogP contribution < -0.4 is 10.2 Å². The molecule has 8 nitrogen and oxygen atoms in total. The number of benzene rings is 2. The van der Waals surface area contributed by atoms with E-state index in [2.05, 4.69) is 10.2 Å². The summed E-state index contributed by atoms with van der Waals surface area (Å²) in [5.74, 6) is -0.274. The molecule has 0 aliphatic carbocycles. The Morgan fingerprint density at radius 2 is 1.76 bits per heavy atom. The Kier molecular flexibility index (Phi) is 7.94. The summed E-state index contributed by atoms with van der Waals surface area (Å²) < 4.78 is 0. The first-order valence-electron chi connectivity index (χ1n) is 10.4. The molecule has 0 unspecified atom stereocenters. The highest BCUT2D eigenvalue weighted by atomic mass is 35.5. The van der Waals surface area contributed by atoms with Crippen LogP contribution in [-0.4, -0.2) is 47.8 Å². The van der Waals surface area contributed by atoms with Crippen LogP contribution in [0, 0.1) is 16.0 Å². The molecule has 0 spiro atoms. The SMILES string of the molecule is CC(C)C(=O)N1CCN(c2ccc(NC(=O)C=Cc3ccc(Cl)c([N+](=O)[O-])c3)cc2Cl)CC1. The van der Waals surface area contributed by atoms with E-state index in [0.717, 1.165) is 5.69 Å². The van der Waals surface area contributed by atoms with Crippen LogP contribution in [0.15, 0.2) is 42.5 Å². The summed E-state index contributed by atoms with van der Waals surface area (Å²) >= 11 is 12.3. The number of carbonyl (C=O) groups is 2. The van der Waals surface area contributed by atoms with Crippen molar-refractivity contribution in [2.75, 3.05) is 36.4 Å². The molecule has 1 fully saturated rings. The largest absolute Gasteiger partial charge is 0.367 e. The lowest BCUT2D eigenvalue weighted by Crippen LogP contribution is -2.50. The van der Waals surface area contributed by atoms with Crippen LogP contribution in [0.2, 0.25) is 10.0 Å². The van der Waals surface area contributed by atoms with Crippen molar-refractivity contribution in [3.05, 3.63) is 68.2 Å². The molecule has 174 valence electrons. The average molecular weight is 491 g/mol. The van der Waals surface area contributed by atoms with Crippen LogP contribution in [0.3, 0.4) is 0 Å². The smallest absolute Gasteiger partial charge is 0.288 e. The average Bonchev–Trinajstić information content (AvgIpc) is 2.78. The van der Waals surface area contributed by atoms with Gasteiger partial charge >= 0.3 is 0 Å². The number of rotatable bonds is 6. The van der Waals surface area contributed by atoms with Gasteiger partial charge in [-0.05, 0) is 35.9 Å². The second-order valence-corrected chi connectivity index (χ2v) is 8.74. The molecule has 3 rings (SSSR count). The summed E-state index contributed by atoms with van der Waals surface area (Å²) in [6, 6.07) is 9.55. The quantitative estimate of drug-likeness (QED) is 0.354. The van der Waals surface area contributed by atoms with Crippen molar-refractivity contribution in [3.63, 3.8) is 0 Å². The number of nitro benzene ring substituents is 1. The summed E-state index contributed by atoms with van der Waals surface area (Å²) in [6.07, 6.45) is 2.74. The number of nitrogens with one attached hydrogen (secondary N) is 1. The van der Waals surface area contributed by atoms with E-state index in [1.165, 1.54) is 24.3 Å². The molecule has 2 aromatic carbocycles. The number of piperazine rings is 1. The molecule has 10 heteroatoms. The fraction of sp³-hybridized carbons (Fsp3) is 0.304. The molecule has 0 aromatic heterocycles. The molecule has 1 aliphatic rings. The van der Waals surface area contributed by atoms with E-state index in [1.807, 2.05) is 24.8 Å². The zero-order valence-corrected chi connectivity index (χ0v) is 19.8. The minimum atomic E-state index is -0.578. The number of carbonyl (C=O) groups excluding carboxylic acids is 2. The van der Waals surface area contributed by atoms with E-state index < -0.39 is 10.8 Å². The number of halogens is 2. The van der Waals surface area contributed by atoms with Gasteiger partial charge in [0.2, 0.25) is 11.8 Å². The standard InChI is InChI=1S/C23H24Cl2N4O4/c1-15(2)23(31)28-11-9-27(10-12-28)20-7-5-17(14-19(20)25)26-22(30)8-4-16-3-6-18(24)21(13-16)29(32)33/h3-8,13-15H,9-12H2,1-2H3,(H,26,30). The van der Waals surface area contributed by atoms with Crippen LogP contribution in [0.25, 0.3) is 6.08 Å². The first-order chi connectivity index (χ1) is 15.7. The Morgan fingerprint density at radius 3 is 2.36 bits per heavy atom. The van der Waals surface area contributed by atoms with Crippen molar-refractivity contribution in [2.45, 2.75) is 13.8 Å². The number of amides is 2. The van der Waals surface area contributed by atoms with Gasteiger partial charge in [0.15, 0.2) is 0 Å². The molecule has 1 N–H and O–H groups in total. The van der Waals surface area contributed by atoms with E-state index in [0.29, 0.717) is 42.5 Å². The topological polar surface area (TPSA) is 95.8 Å². The predicted molar refractivity (Wildman–Crippen MR) is 131 cm³/mol. The number of anilines is 2. The summed E-state index contributed by atoms with van der Waals surface area (Å²) in [7, 11) is 0. The van der Waals surface area contributed by atoms with E-state index in [1.54, 1.807) is 18.2 Å². The summed E-state index contributed by atoms with van der Waals surface area (Å²) in [5, 5.41) is 14.2. The van der Waals surface area contributed by atoms with Crippen LogP contribution >= 0.6 is 23.2 Å². The lowest BCUT2D eigenvalue weighted by molar-refractivity contribution is -0.384. The van der Waals surface area contributed by atoms with Crippen molar-refractivity contribution >= 4 is 58.2 Å². The molecule has 0 saturated carbocycles. The minimum absolute atomic E-state index is 0.0214. The lowest BCUT2D eigenvalue weighted by atomic mass is 10.1. The van der Waals surface area contributed by atoms with E-state index in [-0.39, 0.29) is 22.5 Å². The van der Waals surface area contributed by atoms with Crippen molar-refractivity contribution in [1.82, 2.24) is 4.90 Å². The molecule has 33 heavy (non-hydrogen) atoms. The Morgan fingerprint density at radius 1 is 1.06 bits per heavy atom. The Hall–Kier alpha value is -3.10. The second-order valence-electron chi connectivity index (χ2n) is 7.92. The summed E-state index contributed by atoms with van der Waals surface area (Å²) in [5.41, 5.74) is 1.62. The molecule has 2 aromatic rings. The molecule has 1 heterocycles. The molecule has 1 aliphatic heterocycles. The maximum absolute atomic E-state index is 12.3. The molecular formula is C23H24Cl2N4O4. The van der Waals surface area contributed by atoms with Gasteiger partial charge in [0, 0.05) is 49.9 Å². The Bertz CT molecular complexity index is 1100. The molecule has 1 saturated heterocycles. The maximum Gasteiger partial charge on any atom is 0.288 e. The number of hydrogen-bond acceptors (Lipinski definition) is 5. The van der Waals surface area contributed by atoms with Crippen molar-refractivity contribution in [1.29, 1.82) is 0 Å².